The minimum Gasteiger partial charge on any atom is -0.387 e. The van der Waals surface area contributed by atoms with Crippen molar-refractivity contribution in [1.82, 2.24) is 19.9 Å². The summed E-state index contributed by atoms with van der Waals surface area (Å²) in [5, 5.41) is 14.4. The Balaban J connectivity index is 1.38. The molecule has 11 heteroatoms. The van der Waals surface area contributed by atoms with Gasteiger partial charge in [0.2, 0.25) is 0 Å². The molecule has 1 atom stereocenters. The van der Waals surface area contributed by atoms with Crippen molar-refractivity contribution >= 4 is 40.1 Å². The number of ether oxygens (including phenoxy) is 1. The summed E-state index contributed by atoms with van der Waals surface area (Å²) in [5.41, 5.74) is 4.68. The number of pyridine rings is 1. The first kappa shape index (κ1) is 26.2. The van der Waals surface area contributed by atoms with Gasteiger partial charge in [-0.05, 0) is 48.4 Å². The Morgan fingerprint density at radius 1 is 1.26 bits per heavy atom. The second kappa shape index (κ2) is 11.1. The molecule has 0 aliphatic carbocycles. The largest absolute Gasteiger partial charge is 0.423 e. The number of aromatic nitrogens is 3. The number of rotatable bonds is 6. The SMILES string of the molecule is C#COC(=O)N1CCN(c2cc(C)c3nc(-c4c(NC[C@@H](O)c5cccc(Cl)c5)cc[nH]c4=O)[nH]c3c2)CC1. The third kappa shape index (κ3) is 5.55. The number of amides is 1. The molecule has 1 fully saturated rings. The number of terminal acetylenes is 1. The van der Waals surface area contributed by atoms with Crippen molar-refractivity contribution in [1.29, 1.82) is 0 Å². The summed E-state index contributed by atoms with van der Waals surface area (Å²) in [6.07, 6.45) is 7.19. The number of aliphatic hydroxyl groups excluding tert-OH is 1. The first-order chi connectivity index (χ1) is 18.8. The fourth-order valence-electron chi connectivity index (χ4n) is 4.73. The molecular weight excluding hydrogens is 520 g/mol. The smallest absolute Gasteiger partial charge is 0.387 e. The Kier molecular flexibility index (Phi) is 7.45. The molecule has 39 heavy (non-hydrogen) atoms. The quantitative estimate of drug-likeness (QED) is 0.270. The van der Waals surface area contributed by atoms with Crippen molar-refractivity contribution in [2.45, 2.75) is 13.0 Å². The average Bonchev–Trinajstić information content (AvgIpc) is 3.36. The number of anilines is 2. The highest BCUT2D eigenvalue weighted by molar-refractivity contribution is 6.30. The van der Waals surface area contributed by atoms with E-state index in [2.05, 4.69) is 24.9 Å². The van der Waals surface area contributed by atoms with Gasteiger partial charge in [0.25, 0.3) is 5.56 Å². The highest BCUT2D eigenvalue weighted by atomic mass is 35.5. The molecule has 1 aliphatic heterocycles. The maximum atomic E-state index is 12.9. The van der Waals surface area contributed by atoms with Gasteiger partial charge in [0.05, 0.1) is 22.8 Å². The summed E-state index contributed by atoms with van der Waals surface area (Å²) in [7, 11) is 0. The number of carbonyl (C=O) groups excluding carboxylic acids is 1. The molecule has 0 bridgehead atoms. The van der Waals surface area contributed by atoms with E-state index in [0.29, 0.717) is 53.8 Å². The number of benzene rings is 2. The van der Waals surface area contributed by atoms with Crippen molar-refractivity contribution in [3.05, 3.63) is 75.2 Å². The van der Waals surface area contributed by atoms with Crippen LogP contribution in [-0.4, -0.2) is 63.8 Å². The molecule has 1 aliphatic rings. The molecule has 5 rings (SSSR count). The van der Waals surface area contributed by atoms with E-state index in [9.17, 15) is 14.7 Å². The van der Waals surface area contributed by atoms with E-state index in [1.807, 2.05) is 25.2 Å². The van der Waals surface area contributed by atoms with Crippen LogP contribution < -0.4 is 15.8 Å². The summed E-state index contributed by atoms with van der Waals surface area (Å²) >= 11 is 6.06. The van der Waals surface area contributed by atoms with Crippen molar-refractivity contribution in [2.24, 2.45) is 0 Å². The molecular formula is C28H27ClN6O4. The standard InChI is InChI=1S/C28H27ClN6O4/c1-3-39-28(38)35-11-9-34(10-12-35)20-13-17(2)25-22(15-20)32-26(33-25)24-21(7-8-30-27(24)37)31-16-23(36)18-5-4-6-19(29)14-18/h1,4-8,13-15,23,36H,9-12,16H2,2H3,(H,32,33)(H2,30,31,37)/t23-/m1/s1. The van der Waals surface area contributed by atoms with Crippen LogP contribution in [0.25, 0.3) is 22.4 Å². The molecule has 3 heterocycles. The number of fused-ring (bicyclic) bond motifs is 1. The molecule has 200 valence electrons. The molecule has 10 nitrogen and oxygen atoms in total. The Morgan fingerprint density at radius 3 is 2.79 bits per heavy atom. The molecule has 0 unspecified atom stereocenters. The predicted octanol–water partition coefficient (Wildman–Crippen LogP) is 3.87. The molecule has 0 radical (unpaired) electrons. The molecule has 4 N–H and O–H groups in total. The van der Waals surface area contributed by atoms with Gasteiger partial charge in [-0.3, -0.25) is 4.79 Å². The second-order valence-corrected chi connectivity index (χ2v) is 9.69. The third-order valence-corrected chi connectivity index (χ3v) is 6.96. The van der Waals surface area contributed by atoms with Gasteiger partial charge >= 0.3 is 6.09 Å². The zero-order valence-corrected chi connectivity index (χ0v) is 22.0. The zero-order valence-electron chi connectivity index (χ0n) is 21.2. The molecule has 0 spiro atoms. The highest BCUT2D eigenvalue weighted by Gasteiger charge is 2.23. The number of imidazole rings is 1. The van der Waals surface area contributed by atoms with Crippen LogP contribution >= 0.6 is 11.6 Å². The fraction of sp³-hybridized carbons (Fsp3) is 0.250. The van der Waals surface area contributed by atoms with Crippen molar-refractivity contribution in [2.75, 3.05) is 42.9 Å². The minimum atomic E-state index is -0.829. The average molecular weight is 547 g/mol. The number of carbonyl (C=O) groups is 1. The minimum absolute atomic E-state index is 0.168. The van der Waals surface area contributed by atoms with E-state index in [4.69, 9.17) is 23.0 Å². The number of piperazine rings is 1. The number of hydrogen-bond donors (Lipinski definition) is 4. The van der Waals surface area contributed by atoms with Crippen molar-refractivity contribution in [3.63, 3.8) is 0 Å². The first-order valence-electron chi connectivity index (χ1n) is 12.4. The van der Waals surface area contributed by atoms with Crippen molar-refractivity contribution in [3.8, 4) is 23.9 Å². The number of hydrogen-bond acceptors (Lipinski definition) is 7. The summed E-state index contributed by atoms with van der Waals surface area (Å²) in [5.74, 6) is 0.411. The van der Waals surface area contributed by atoms with Crippen LogP contribution in [0.15, 0.2) is 53.5 Å². The third-order valence-electron chi connectivity index (χ3n) is 6.73. The van der Waals surface area contributed by atoms with Crippen LogP contribution in [-0.2, 0) is 4.74 Å². The monoisotopic (exact) mass is 546 g/mol. The van der Waals surface area contributed by atoms with Gasteiger partial charge < -0.3 is 34.9 Å². The number of halogens is 1. The van der Waals surface area contributed by atoms with Gasteiger partial charge in [0.1, 0.15) is 17.5 Å². The van der Waals surface area contributed by atoms with Gasteiger partial charge in [-0.25, -0.2) is 9.78 Å². The maximum Gasteiger partial charge on any atom is 0.423 e. The number of aryl methyl sites for hydroxylation is 1. The Morgan fingerprint density at radius 2 is 2.05 bits per heavy atom. The zero-order chi connectivity index (χ0) is 27.5. The number of nitrogens with zero attached hydrogens (tertiary/aromatic N) is 3. The molecule has 4 aromatic rings. The number of aromatic amines is 2. The molecule has 1 amide bonds. The lowest BCUT2D eigenvalue weighted by atomic mass is 10.1. The molecule has 2 aromatic carbocycles. The van der Waals surface area contributed by atoms with Gasteiger partial charge in [0.15, 0.2) is 0 Å². The van der Waals surface area contributed by atoms with E-state index >= 15 is 0 Å². The first-order valence-corrected chi connectivity index (χ1v) is 12.8. The molecule has 2 aromatic heterocycles. The maximum absolute atomic E-state index is 12.9. The number of H-pyrrole nitrogens is 2. The lowest BCUT2D eigenvalue weighted by Crippen LogP contribution is -2.48. The molecule has 1 saturated heterocycles. The van der Waals surface area contributed by atoms with Crippen molar-refractivity contribution < 1.29 is 14.6 Å². The Bertz CT molecular complexity index is 1620. The second-order valence-electron chi connectivity index (χ2n) is 9.25. The number of nitrogens with one attached hydrogen (secondary N) is 3. The molecule has 0 saturated carbocycles. The van der Waals surface area contributed by atoms with Crippen LogP contribution in [0.5, 0.6) is 0 Å². The summed E-state index contributed by atoms with van der Waals surface area (Å²) < 4.78 is 4.65. The van der Waals surface area contributed by atoms with E-state index < -0.39 is 12.2 Å². The lowest BCUT2D eigenvalue weighted by molar-refractivity contribution is 0.140. The summed E-state index contributed by atoms with van der Waals surface area (Å²) in [4.78, 5) is 39.3. The number of aliphatic hydroxyl groups is 1. The topological polar surface area (TPSA) is 127 Å². The summed E-state index contributed by atoms with van der Waals surface area (Å²) in [6.45, 7) is 4.34. The van der Waals surface area contributed by atoms with Gasteiger partial charge in [-0.2, -0.15) is 0 Å². The van der Waals surface area contributed by atoms with Crippen LogP contribution in [0.1, 0.15) is 17.2 Å². The van der Waals surface area contributed by atoms with Crippen LogP contribution in [0.2, 0.25) is 5.02 Å². The van der Waals surface area contributed by atoms with E-state index in [-0.39, 0.29) is 12.1 Å². The van der Waals surface area contributed by atoms with Crippen LogP contribution in [0.3, 0.4) is 0 Å². The van der Waals surface area contributed by atoms with Crippen LogP contribution in [0, 0.1) is 19.5 Å². The van der Waals surface area contributed by atoms with Gasteiger partial charge in [-0.1, -0.05) is 30.2 Å². The van der Waals surface area contributed by atoms with Crippen LogP contribution in [0.4, 0.5) is 16.2 Å². The van der Waals surface area contributed by atoms with E-state index in [0.717, 1.165) is 22.3 Å². The van der Waals surface area contributed by atoms with E-state index in [1.165, 1.54) is 0 Å². The fourth-order valence-corrected chi connectivity index (χ4v) is 4.93. The predicted molar refractivity (Wildman–Crippen MR) is 151 cm³/mol. The summed E-state index contributed by atoms with van der Waals surface area (Å²) in [6, 6.07) is 12.8. The normalized spacial score (nSPS) is 14.2. The van der Waals surface area contributed by atoms with E-state index in [1.54, 1.807) is 41.4 Å². The lowest BCUT2D eigenvalue weighted by Gasteiger charge is -2.35. The van der Waals surface area contributed by atoms with Gasteiger partial charge in [0, 0.05) is 49.6 Å². The Hall–Kier alpha value is -4.46. The van der Waals surface area contributed by atoms with Gasteiger partial charge in [-0.15, -0.1) is 0 Å². The highest BCUT2D eigenvalue weighted by Crippen LogP contribution is 2.30. The Labute approximate surface area is 229 Å².